The third kappa shape index (κ3) is 3.68. The predicted molar refractivity (Wildman–Crippen MR) is 112 cm³/mol. The lowest BCUT2D eigenvalue weighted by Crippen LogP contribution is -2.42. The van der Waals surface area contributed by atoms with Crippen LogP contribution < -0.4 is 4.72 Å². The van der Waals surface area contributed by atoms with Crippen LogP contribution in [0.1, 0.15) is 18.1 Å². The lowest BCUT2D eigenvalue weighted by molar-refractivity contribution is -0.147. The van der Waals surface area contributed by atoms with Crippen molar-refractivity contribution in [1.82, 2.24) is 19.3 Å². The van der Waals surface area contributed by atoms with Gasteiger partial charge < -0.3 is 0 Å². The van der Waals surface area contributed by atoms with E-state index < -0.39 is 27.1 Å². The van der Waals surface area contributed by atoms with Crippen molar-refractivity contribution in [1.29, 1.82) is 5.26 Å². The second kappa shape index (κ2) is 7.58. The molecule has 0 fully saturated rings. The van der Waals surface area contributed by atoms with E-state index in [1.165, 1.54) is 6.07 Å². The quantitative estimate of drug-likeness (QED) is 0.623. The van der Waals surface area contributed by atoms with Crippen molar-refractivity contribution in [3.8, 4) is 17.5 Å². The number of fused-ring (bicyclic) bond motifs is 1. The Morgan fingerprint density at radius 2 is 1.94 bits per heavy atom. The van der Waals surface area contributed by atoms with Crippen LogP contribution in [0.5, 0.6) is 0 Å². The lowest BCUT2D eigenvalue weighted by Gasteiger charge is -2.17. The molecule has 1 N–H and O–H groups in total. The van der Waals surface area contributed by atoms with Crippen molar-refractivity contribution >= 4 is 26.8 Å². The number of pyridine rings is 2. The number of nitrogens with zero attached hydrogens (tertiary/aromatic N) is 4. The van der Waals surface area contributed by atoms with Crippen LogP contribution in [-0.4, -0.2) is 35.2 Å². The van der Waals surface area contributed by atoms with Gasteiger partial charge in [-0.05, 0) is 49.8 Å². The first kappa shape index (κ1) is 21.7. The average molecular weight is 459 g/mol. The summed E-state index contributed by atoms with van der Waals surface area (Å²) in [6.45, 7) is 2.56. The molecule has 1 aliphatic rings. The summed E-state index contributed by atoms with van der Waals surface area (Å²) in [5.41, 5.74) is 3.16. The second-order valence-corrected chi connectivity index (χ2v) is 8.98. The fourth-order valence-electron chi connectivity index (χ4n) is 3.25. The van der Waals surface area contributed by atoms with Gasteiger partial charge in [-0.3, -0.25) is 9.55 Å². The van der Waals surface area contributed by atoms with Crippen LogP contribution in [0.4, 0.5) is 13.2 Å². The van der Waals surface area contributed by atoms with E-state index in [0.717, 1.165) is 23.5 Å². The van der Waals surface area contributed by atoms with Gasteiger partial charge in [0.15, 0.2) is 0 Å². The Labute approximate surface area is 181 Å². The molecule has 4 rings (SSSR count). The first-order valence-electron chi connectivity index (χ1n) is 9.38. The van der Waals surface area contributed by atoms with Crippen LogP contribution in [0, 0.1) is 18.3 Å². The highest BCUT2D eigenvalue weighted by molar-refractivity contribution is 7.89. The highest BCUT2D eigenvalue weighted by Gasteiger charge is 2.39. The summed E-state index contributed by atoms with van der Waals surface area (Å²) >= 11 is 0. The van der Waals surface area contributed by atoms with E-state index >= 15 is 0 Å². The number of halogens is 3. The molecule has 164 valence electrons. The molecule has 1 aliphatic carbocycles. The number of aromatic nitrogens is 3. The van der Waals surface area contributed by atoms with Gasteiger partial charge in [0, 0.05) is 23.5 Å². The van der Waals surface area contributed by atoms with Gasteiger partial charge in [0.05, 0.1) is 17.0 Å². The number of nitriles is 1. The molecular formula is C21H16F3N5O2S. The Bertz CT molecular complexity index is 1430. The van der Waals surface area contributed by atoms with Crippen molar-refractivity contribution in [2.75, 3.05) is 0 Å². The molecule has 1 atom stereocenters. The first-order valence-corrected chi connectivity index (χ1v) is 10.9. The Balaban J connectivity index is 1.82. The van der Waals surface area contributed by atoms with E-state index in [0.29, 0.717) is 29.2 Å². The van der Waals surface area contributed by atoms with Gasteiger partial charge in [-0.15, -0.1) is 0 Å². The number of allylic oxidation sites excluding steroid dienone is 4. The van der Waals surface area contributed by atoms with E-state index in [-0.39, 0.29) is 5.69 Å². The molecule has 0 aromatic carbocycles. The van der Waals surface area contributed by atoms with Crippen LogP contribution in [0.15, 0.2) is 53.7 Å². The fourth-order valence-corrected chi connectivity index (χ4v) is 4.43. The minimum atomic E-state index is -4.72. The second-order valence-electron chi connectivity index (χ2n) is 7.27. The maximum Gasteiger partial charge on any atom is 0.404 e. The Hall–Kier alpha value is -3.49. The fraction of sp³-hybridized carbons (Fsp3) is 0.190. The molecule has 3 heterocycles. The van der Waals surface area contributed by atoms with Gasteiger partial charge in [0.25, 0.3) is 0 Å². The zero-order valence-corrected chi connectivity index (χ0v) is 17.7. The largest absolute Gasteiger partial charge is 0.404 e. The van der Waals surface area contributed by atoms with Gasteiger partial charge in [-0.25, -0.2) is 13.4 Å². The molecule has 3 aromatic heterocycles. The number of nitrogens with one attached hydrogen (secondary N) is 1. The SMILES string of the molecule is Cc1cnc2c(c1)c(C#N)c(-c1ccc(S(=O)(=O)N[C@@H](C)C(F)(F)F)cn1)n2C1=CC=C1. The summed E-state index contributed by atoms with van der Waals surface area (Å²) in [5.74, 6) is 0. The van der Waals surface area contributed by atoms with Gasteiger partial charge in [0.2, 0.25) is 10.0 Å². The highest BCUT2D eigenvalue weighted by Crippen LogP contribution is 2.36. The normalized spacial score (nSPS) is 14.7. The summed E-state index contributed by atoms with van der Waals surface area (Å²) in [7, 11) is -4.45. The van der Waals surface area contributed by atoms with Crippen molar-refractivity contribution < 1.29 is 21.6 Å². The average Bonchev–Trinajstić information content (AvgIpc) is 2.99. The molecule has 0 amide bonds. The van der Waals surface area contributed by atoms with Crippen molar-refractivity contribution in [3.05, 3.63) is 59.9 Å². The molecule has 0 saturated heterocycles. The molecular weight excluding hydrogens is 443 g/mol. The van der Waals surface area contributed by atoms with Crippen LogP contribution in [0.3, 0.4) is 0 Å². The summed E-state index contributed by atoms with van der Waals surface area (Å²) in [6.07, 6.45) is 3.39. The molecule has 0 spiro atoms. The standard InChI is InChI=1S/C21H16F3N5O2S/c1-12-8-16-17(9-25)19(29(14-4-3-5-14)20(16)27-10-12)18-7-6-15(11-26-18)32(30,31)28-13(2)21(22,23)24/h3-8,10-11,13,28H,1-2H3/t13-/m0/s1. The van der Waals surface area contributed by atoms with Crippen molar-refractivity contribution in [2.45, 2.75) is 31.0 Å². The van der Waals surface area contributed by atoms with Gasteiger partial charge >= 0.3 is 6.18 Å². The zero-order chi connectivity index (χ0) is 23.3. The number of hydrogen-bond donors (Lipinski definition) is 1. The van der Waals surface area contributed by atoms with E-state index in [1.54, 1.807) is 15.5 Å². The van der Waals surface area contributed by atoms with E-state index in [1.807, 2.05) is 31.2 Å². The zero-order valence-electron chi connectivity index (χ0n) is 16.8. The maximum absolute atomic E-state index is 12.8. The minimum Gasteiger partial charge on any atom is -0.291 e. The Kier molecular flexibility index (Phi) is 5.15. The smallest absolute Gasteiger partial charge is 0.291 e. The number of hydrogen-bond acceptors (Lipinski definition) is 5. The van der Waals surface area contributed by atoms with Crippen molar-refractivity contribution in [3.63, 3.8) is 0 Å². The van der Waals surface area contributed by atoms with Gasteiger partial charge in [-0.2, -0.15) is 23.2 Å². The Morgan fingerprint density at radius 1 is 1.22 bits per heavy atom. The minimum absolute atomic E-state index is 0.279. The molecule has 3 aromatic rings. The lowest BCUT2D eigenvalue weighted by atomic mass is 10.1. The first-order chi connectivity index (χ1) is 15.0. The summed E-state index contributed by atoms with van der Waals surface area (Å²) in [4.78, 5) is 8.19. The summed E-state index contributed by atoms with van der Waals surface area (Å²) < 4.78 is 66.3. The third-order valence-electron chi connectivity index (χ3n) is 4.96. The van der Waals surface area contributed by atoms with E-state index in [2.05, 4.69) is 16.0 Å². The maximum atomic E-state index is 12.8. The number of sulfonamides is 1. The predicted octanol–water partition coefficient (Wildman–Crippen LogP) is 3.92. The van der Waals surface area contributed by atoms with Crippen LogP contribution in [0.25, 0.3) is 28.1 Å². The van der Waals surface area contributed by atoms with Gasteiger partial charge in [-0.1, -0.05) is 6.08 Å². The summed E-state index contributed by atoms with van der Waals surface area (Å²) in [6, 6.07) is 4.24. The van der Waals surface area contributed by atoms with E-state index in [9.17, 15) is 26.9 Å². The molecule has 32 heavy (non-hydrogen) atoms. The topological polar surface area (TPSA) is 101 Å². The highest BCUT2D eigenvalue weighted by atomic mass is 32.2. The molecule has 11 heteroatoms. The third-order valence-corrected chi connectivity index (χ3v) is 6.49. The van der Waals surface area contributed by atoms with Crippen LogP contribution in [0.2, 0.25) is 0 Å². The summed E-state index contributed by atoms with van der Waals surface area (Å²) in [5, 5.41) is 10.5. The molecule has 0 radical (unpaired) electrons. The van der Waals surface area contributed by atoms with E-state index in [4.69, 9.17) is 0 Å². The van der Waals surface area contributed by atoms with Crippen molar-refractivity contribution in [2.24, 2.45) is 0 Å². The Morgan fingerprint density at radius 3 is 2.47 bits per heavy atom. The monoisotopic (exact) mass is 459 g/mol. The molecule has 7 nitrogen and oxygen atoms in total. The molecule has 0 aliphatic heterocycles. The molecule has 0 saturated carbocycles. The molecule has 0 bridgehead atoms. The number of aryl methyl sites for hydroxylation is 1. The number of alkyl halides is 3. The molecule has 0 unspecified atom stereocenters. The van der Waals surface area contributed by atoms with Crippen LogP contribution in [-0.2, 0) is 10.0 Å². The van der Waals surface area contributed by atoms with Crippen LogP contribution >= 0.6 is 0 Å². The number of rotatable bonds is 5. The van der Waals surface area contributed by atoms with Gasteiger partial charge in [0.1, 0.15) is 22.7 Å².